The van der Waals surface area contributed by atoms with Crippen LogP contribution in [0.1, 0.15) is 32.6 Å². The molecule has 68 valence electrons. The van der Waals surface area contributed by atoms with Crippen LogP contribution in [0.2, 0.25) is 0 Å². The molecule has 1 saturated carbocycles. The minimum absolute atomic E-state index is 0.476. The van der Waals surface area contributed by atoms with E-state index in [2.05, 4.69) is 19.1 Å². The van der Waals surface area contributed by atoms with E-state index in [1.807, 2.05) is 0 Å². The third-order valence-electron chi connectivity index (χ3n) is 3.61. The topological polar surface area (TPSA) is 26.0 Å². The van der Waals surface area contributed by atoms with Crippen molar-refractivity contribution < 1.29 is 0 Å². The number of allylic oxidation sites excluding steroid dienone is 2. The predicted molar refractivity (Wildman–Crippen MR) is 51.7 cm³/mol. The van der Waals surface area contributed by atoms with Crippen LogP contribution in [0.4, 0.5) is 0 Å². The highest BCUT2D eigenvalue weighted by atomic mass is 14.7. The molecule has 0 heterocycles. The quantitative estimate of drug-likeness (QED) is 0.548. The Bertz CT molecular complexity index is 185. The normalized spacial score (nSPS) is 47.2. The first-order valence-corrected chi connectivity index (χ1v) is 5.21. The summed E-state index contributed by atoms with van der Waals surface area (Å²) < 4.78 is 0. The highest BCUT2D eigenvalue weighted by molar-refractivity contribution is 5.04. The Morgan fingerprint density at radius 3 is 2.92 bits per heavy atom. The molecule has 0 aromatic rings. The van der Waals surface area contributed by atoms with Crippen molar-refractivity contribution >= 4 is 0 Å². The summed E-state index contributed by atoms with van der Waals surface area (Å²) in [6, 6.07) is 0.476. The van der Waals surface area contributed by atoms with E-state index in [0.29, 0.717) is 6.04 Å². The van der Waals surface area contributed by atoms with E-state index in [4.69, 9.17) is 5.73 Å². The number of nitrogens with two attached hydrogens (primary N) is 1. The zero-order valence-electron chi connectivity index (χ0n) is 7.87. The second kappa shape index (κ2) is 3.21. The van der Waals surface area contributed by atoms with E-state index in [0.717, 1.165) is 17.8 Å². The van der Waals surface area contributed by atoms with Crippen molar-refractivity contribution in [3.8, 4) is 0 Å². The lowest BCUT2D eigenvalue weighted by atomic mass is 9.67. The molecule has 4 atom stereocenters. The first-order chi connectivity index (χ1) is 5.79. The van der Waals surface area contributed by atoms with E-state index in [1.165, 1.54) is 25.7 Å². The summed E-state index contributed by atoms with van der Waals surface area (Å²) in [5.74, 6) is 2.40. The van der Waals surface area contributed by atoms with Crippen molar-refractivity contribution in [3.05, 3.63) is 12.2 Å². The molecule has 4 unspecified atom stereocenters. The van der Waals surface area contributed by atoms with Crippen LogP contribution in [0.5, 0.6) is 0 Å². The minimum atomic E-state index is 0.476. The first kappa shape index (κ1) is 8.31. The number of rotatable bonds is 0. The highest BCUT2D eigenvalue weighted by Gasteiger charge is 2.34. The molecule has 0 aliphatic heterocycles. The van der Waals surface area contributed by atoms with Crippen molar-refractivity contribution in [2.75, 3.05) is 0 Å². The zero-order chi connectivity index (χ0) is 8.55. The lowest BCUT2D eigenvalue weighted by Gasteiger charge is -2.40. The summed E-state index contributed by atoms with van der Waals surface area (Å²) >= 11 is 0. The molecule has 0 spiro atoms. The number of hydrogen-bond donors (Lipinski definition) is 1. The molecule has 1 nitrogen and oxygen atoms in total. The number of fused-ring (bicyclic) bond motifs is 1. The molecule has 2 aliphatic rings. The Kier molecular flexibility index (Phi) is 2.22. The van der Waals surface area contributed by atoms with E-state index in [9.17, 15) is 0 Å². The largest absolute Gasteiger partial charge is 0.327 e. The van der Waals surface area contributed by atoms with E-state index >= 15 is 0 Å². The maximum absolute atomic E-state index is 6.15. The van der Waals surface area contributed by atoms with E-state index in [1.54, 1.807) is 0 Å². The third kappa shape index (κ3) is 1.31. The van der Waals surface area contributed by atoms with Gasteiger partial charge in [-0.15, -0.1) is 0 Å². The van der Waals surface area contributed by atoms with E-state index < -0.39 is 0 Å². The van der Waals surface area contributed by atoms with Crippen LogP contribution in [-0.2, 0) is 0 Å². The van der Waals surface area contributed by atoms with Gasteiger partial charge in [-0.2, -0.15) is 0 Å². The predicted octanol–water partition coefficient (Wildman–Crippen LogP) is 2.33. The second-order valence-corrected chi connectivity index (χ2v) is 4.48. The molecular weight excluding hydrogens is 146 g/mol. The fourth-order valence-corrected chi connectivity index (χ4v) is 2.99. The minimum Gasteiger partial charge on any atom is -0.327 e. The molecule has 0 aromatic carbocycles. The lowest BCUT2D eigenvalue weighted by molar-refractivity contribution is 0.166. The summed E-state index contributed by atoms with van der Waals surface area (Å²) in [5, 5.41) is 0. The molecule has 0 aromatic heterocycles. The van der Waals surface area contributed by atoms with Gasteiger partial charge in [-0.3, -0.25) is 0 Å². The maximum Gasteiger partial charge on any atom is 0.00754 e. The smallest absolute Gasteiger partial charge is 0.00754 e. The first-order valence-electron chi connectivity index (χ1n) is 5.21. The third-order valence-corrected chi connectivity index (χ3v) is 3.61. The molecule has 0 amide bonds. The van der Waals surface area contributed by atoms with Gasteiger partial charge in [0.25, 0.3) is 0 Å². The summed E-state index contributed by atoms with van der Waals surface area (Å²) in [7, 11) is 0. The second-order valence-electron chi connectivity index (χ2n) is 4.48. The summed E-state index contributed by atoms with van der Waals surface area (Å²) in [4.78, 5) is 0. The molecular formula is C11H19N. The van der Waals surface area contributed by atoms with Gasteiger partial charge in [-0.25, -0.2) is 0 Å². The van der Waals surface area contributed by atoms with Gasteiger partial charge in [0.05, 0.1) is 0 Å². The Morgan fingerprint density at radius 1 is 1.33 bits per heavy atom. The van der Waals surface area contributed by atoms with Gasteiger partial charge in [0, 0.05) is 6.04 Å². The lowest BCUT2D eigenvalue weighted by Crippen LogP contribution is -2.42. The summed E-state index contributed by atoms with van der Waals surface area (Å²) in [6.45, 7) is 2.35. The summed E-state index contributed by atoms with van der Waals surface area (Å²) in [6.07, 6.45) is 9.96. The van der Waals surface area contributed by atoms with E-state index in [-0.39, 0.29) is 0 Å². The Hall–Kier alpha value is -0.300. The van der Waals surface area contributed by atoms with Gasteiger partial charge >= 0.3 is 0 Å². The van der Waals surface area contributed by atoms with Gasteiger partial charge in [0.2, 0.25) is 0 Å². The van der Waals surface area contributed by atoms with Crippen LogP contribution in [0.25, 0.3) is 0 Å². The molecule has 0 saturated heterocycles. The molecule has 2 N–H and O–H groups in total. The van der Waals surface area contributed by atoms with Crippen LogP contribution in [0.15, 0.2) is 12.2 Å². The molecule has 0 radical (unpaired) electrons. The monoisotopic (exact) mass is 165 g/mol. The van der Waals surface area contributed by atoms with Gasteiger partial charge in [0.1, 0.15) is 0 Å². The van der Waals surface area contributed by atoms with Crippen LogP contribution >= 0.6 is 0 Å². The maximum atomic E-state index is 6.15. The fourth-order valence-electron chi connectivity index (χ4n) is 2.99. The van der Waals surface area contributed by atoms with Crippen molar-refractivity contribution in [1.82, 2.24) is 0 Å². The SMILES string of the molecule is CC1CC=CC2CCCC(N)C12. The average molecular weight is 165 g/mol. The molecule has 12 heavy (non-hydrogen) atoms. The zero-order valence-corrected chi connectivity index (χ0v) is 7.87. The Balaban J connectivity index is 2.15. The van der Waals surface area contributed by atoms with Crippen molar-refractivity contribution in [2.45, 2.75) is 38.6 Å². The number of hydrogen-bond acceptors (Lipinski definition) is 1. The van der Waals surface area contributed by atoms with Crippen molar-refractivity contribution in [2.24, 2.45) is 23.5 Å². The van der Waals surface area contributed by atoms with Gasteiger partial charge in [-0.05, 0) is 37.0 Å². The van der Waals surface area contributed by atoms with Crippen molar-refractivity contribution in [1.29, 1.82) is 0 Å². The molecule has 1 fully saturated rings. The van der Waals surface area contributed by atoms with Crippen molar-refractivity contribution in [3.63, 3.8) is 0 Å². The fraction of sp³-hybridized carbons (Fsp3) is 0.818. The molecule has 1 heteroatoms. The van der Waals surface area contributed by atoms with Crippen LogP contribution in [-0.4, -0.2) is 6.04 Å². The van der Waals surface area contributed by atoms with Crippen LogP contribution in [0.3, 0.4) is 0 Å². The van der Waals surface area contributed by atoms with Crippen LogP contribution in [0, 0.1) is 17.8 Å². The van der Waals surface area contributed by atoms with Crippen LogP contribution < -0.4 is 5.73 Å². The average Bonchev–Trinajstić information content (AvgIpc) is 2.04. The Labute approximate surface area is 75.0 Å². The standard InChI is InChI=1S/C11H19N/c1-8-4-2-5-9-6-3-7-10(12)11(8)9/h2,5,8-11H,3-4,6-7,12H2,1H3. The van der Waals surface area contributed by atoms with Gasteiger partial charge in [0.15, 0.2) is 0 Å². The molecule has 2 rings (SSSR count). The Morgan fingerprint density at radius 2 is 2.17 bits per heavy atom. The summed E-state index contributed by atoms with van der Waals surface area (Å²) in [5.41, 5.74) is 6.15. The van der Waals surface area contributed by atoms with Gasteiger partial charge in [-0.1, -0.05) is 25.5 Å². The van der Waals surface area contributed by atoms with Gasteiger partial charge < -0.3 is 5.73 Å². The molecule has 2 aliphatic carbocycles. The highest BCUT2D eigenvalue weighted by Crippen LogP contribution is 2.39. The molecule has 0 bridgehead atoms.